The first-order chi connectivity index (χ1) is 16.8. The first-order valence-electron chi connectivity index (χ1n) is 11.1. The number of ether oxygens (including phenoxy) is 1. The Hall–Kier alpha value is -3.04. The van der Waals surface area contributed by atoms with Gasteiger partial charge in [0.1, 0.15) is 18.1 Å². The molecule has 0 saturated carbocycles. The summed E-state index contributed by atoms with van der Waals surface area (Å²) in [6.07, 6.45) is 0.754. The summed E-state index contributed by atoms with van der Waals surface area (Å²) in [5.41, 5.74) is 2.75. The molecule has 0 spiro atoms. The summed E-state index contributed by atoms with van der Waals surface area (Å²) >= 11 is 1.79. The minimum absolute atomic E-state index is 0.00281. The van der Waals surface area contributed by atoms with Crippen LogP contribution in [0.3, 0.4) is 0 Å². The Morgan fingerprint density at radius 1 is 1.03 bits per heavy atom. The third kappa shape index (κ3) is 7.47. The molecular formula is C26H29FN2O4S2. The first kappa shape index (κ1) is 26.6. The van der Waals surface area contributed by atoms with Crippen LogP contribution in [0.25, 0.3) is 0 Å². The number of methoxy groups -OCH3 is 1. The van der Waals surface area contributed by atoms with Crippen molar-refractivity contribution in [2.75, 3.05) is 30.3 Å². The monoisotopic (exact) mass is 516 g/mol. The topological polar surface area (TPSA) is 75.7 Å². The van der Waals surface area contributed by atoms with Gasteiger partial charge in [-0.2, -0.15) is 11.8 Å². The molecule has 3 rings (SSSR count). The van der Waals surface area contributed by atoms with Crippen LogP contribution in [0.5, 0.6) is 5.75 Å². The maximum absolute atomic E-state index is 13.5. The number of carbonyl (C=O) groups excluding carboxylic acids is 1. The van der Waals surface area contributed by atoms with E-state index in [9.17, 15) is 17.6 Å². The zero-order valence-corrected chi connectivity index (χ0v) is 21.4. The van der Waals surface area contributed by atoms with Gasteiger partial charge >= 0.3 is 0 Å². The molecule has 0 aromatic heterocycles. The van der Waals surface area contributed by atoms with Crippen molar-refractivity contribution in [1.29, 1.82) is 0 Å². The summed E-state index contributed by atoms with van der Waals surface area (Å²) in [5, 5.41) is 2.79. The van der Waals surface area contributed by atoms with Crippen molar-refractivity contribution in [3.63, 3.8) is 0 Å². The van der Waals surface area contributed by atoms with Crippen LogP contribution in [0.2, 0.25) is 0 Å². The number of aryl methyl sites for hydroxylation is 1. The van der Waals surface area contributed by atoms with Gasteiger partial charge in [0.25, 0.3) is 10.0 Å². The lowest BCUT2D eigenvalue weighted by Gasteiger charge is -2.24. The number of amides is 1. The van der Waals surface area contributed by atoms with E-state index in [-0.39, 0.29) is 10.6 Å². The van der Waals surface area contributed by atoms with Gasteiger partial charge in [-0.3, -0.25) is 9.10 Å². The van der Waals surface area contributed by atoms with Crippen molar-refractivity contribution in [3.05, 3.63) is 89.7 Å². The van der Waals surface area contributed by atoms with Crippen LogP contribution in [0, 0.1) is 12.7 Å². The molecule has 0 saturated heterocycles. The van der Waals surface area contributed by atoms with Crippen molar-refractivity contribution < 1.29 is 22.3 Å². The number of hydrogen-bond donors (Lipinski definition) is 1. The summed E-state index contributed by atoms with van der Waals surface area (Å²) in [7, 11) is -2.58. The molecule has 35 heavy (non-hydrogen) atoms. The van der Waals surface area contributed by atoms with Gasteiger partial charge in [0.15, 0.2) is 0 Å². The molecule has 6 nitrogen and oxygen atoms in total. The molecule has 0 radical (unpaired) electrons. The molecule has 3 aromatic carbocycles. The number of sulfonamides is 1. The molecule has 0 fully saturated rings. The molecule has 0 unspecified atom stereocenters. The molecular weight excluding hydrogens is 487 g/mol. The standard InChI is InChI=1S/C26H29FN2O4S2/c1-20-6-3-4-7-21(20)19-34-17-5-16-28-26(30)18-29(23-10-8-22(27)9-11-23)35(31,32)25-14-12-24(33-2)13-15-25/h3-4,6-15H,5,16-19H2,1-2H3,(H,28,30). The van der Waals surface area contributed by atoms with Gasteiger partial charge in [-0.25, -0.2) is 12.8 Å². The van der Waals surface area contributed by atoms with Crippen LogP contribution in [-0.2, 0) is 20.6 Å². The number of rotatable bonds is 12. The number of benzene rings is 3. The molecule has 0 aliphatic rings. The summed E-state index contributed by atoms with van der Waals surface area (Å²) in [5.74, 6) is 1.34. The SMILES string of the molecule is COc1ccc(S(=O)(=O)N(CC(=O)NCCCSCc2ccccc2C)c2ccc(F)cc2)cc1. The number of nitrogens with one attached hydrogen (secondary N) is 1. The van der Waals surface area contributed by atoms with Crippen LogP contribution in [0.4, 0.5) is 10.1 Å². The highest BCUT2D eigenvalue weighted by molar-refractivity contribution is 7.98. The predicted molar refractivity (Wildman–Crippen MR) is 139 cm³/mol. The van der Waals surface area contributed by atoms with E-state index in [1.807, 2.05) is 12.1 Å². The lowest BCUT2D eigenvalue weighted by Crippen LogP contribution is -2.41. The van der Waals surface area contributed by atoms with Crippen LogP contribution in [-0.4, -0.2) is 40.3 Å². The van der Waals surface area contributed by atoms with Crippen molar-refractivity contribution >= 4 is 33.4 Å². The quantitative estimate of drug-likeness (QED) is 0.351. The summed E-state index contributed by atoms with van der Waals surface area (Å²) in [6, 6.07) is 19.1. The van der Waals surface area contributed by atoms with Crippen LogP contribution in [0.1, 0.15) is 17.5 Å². The fraction of sp³-hybridized carbons (Fsp3) is 0.269. The second kappa shape index (κ2) is 12.6. The van der Waals surface area contributed by atoms with E-state index in [2.05, 4.69) is 24.4 Å². The lowest BCUT2D eigenvalue weighted by molar-refractivity contribution is -0.119. The van der Waals surface area contributed by atoms with Gasteiger partial charge in [-0.15, -0.1) is 0 Å². The molecule has 186 valence electrons. The normalized spacial score (nSPS) is 11.2. The van der Waals surface area contributed by atoms with Gasteiger partial charge in [0.05, 0.1) is 17.7 Å². The van der Waals surface area contributed by atoms with E-state index in [0.717, 1.165) is 34.4 Å². The smallest absolute Gasteiger partial charge is 0.264 e. The third-order valence-corrected chi connectivity index (χ3v) is 8.24. The molecule has 0 atom stereocenters. The van der Waals surface area contributed by atoms with E-state index < -0.39 is 28.3 Å². The van der Waals surface area contributed by atoms with E-state index in [4.69, 9.17) is 4.74 Å². The average molecular weight is 517 g/mol. The Bertz CT molecular complexity index is 1220. The molecule has 1 amide bonds. The number of nitrogens with zero attached hydrogens (tertiary/aromatic N) is 1. The number of halogens is 1. The fourth-order valence-electron chi connectivity index (χ4n) is 3.34. The zero-order chi connectivity index (χ0) is 25.3. The highest BCUT2D eigenvalue weighted by Crippen LogP contribution is 2.25. The van der Waals surface area contributed by atoms with E-state index in [1.54, 1.807) is 11.8 Å². The molecule has 3 aromatic rings. The average Bonchev–Trinajstić information content (AvgIpc) is 2.86. The van der Waals surface area contributed by atoms with Crippen molar-refractivity contribution in [3.8, 4) is 5.75 Å². The maximum Gasteiger partial charge on any atom is 0.264 e. The van der Waals surface area contributed by atoms with Crippen molar-refractivity contribution in [2.24, 2.45) is 0 Å². The largest absolute Gasteiger partial charge is 0.497 e. The first-order valence-corrected chi connectivity index (χ1v) is 13.7. The second-order valence-electron chi connectivity index (χ2n) is 7.85. The number of hydrogen-bond acceptors (Lipinski definition) is 5. The van der Waals surface area contributed by atoms with Crippen molar-refractivity contribution in [1.82, 2.24) is 5.32 Å². The Morgan fingerprint density at radius 2 is 1.71 bits per heavy atom. The second-order valence-corrected chi connectivity index (χ2v) is 10.8. The molecule has 0 aliphatic heterocycles. The Balaban J connectivity index is 1.60. The number of thioether (sulfide) groups is 1. The number of anilines is 1. The summed E-state index contributed by atoms with van der Waals surface area (Å²) < 4.78 is 46.2. The van der Waals surface area contributed by atoms with Crippen LogP contribution >= 0.6 is 11.8 Å². The van der Waals surface area contributed by atoms with Gasteiger partial charge in [0.2, 0.25) is 5.91 Å². The predicted octanol–water partition coefficient (Wildman–Crippen LogP) is 4.78. The summed E-state index contributed by atoms with van der Waals surface area (Å²) in [6.45, 7) is 2.10. The van der Waals surface area contributed by atoms with Crippen LogP contribution in [0.15, 0.2) is 77.7 Å². The maximum atomic E-state index is 13.5. The van der Waals surface area contributed by atoms with Crippen molar-refractivity contribution in [2.45, 2.75) is 24.0 Å². The molecule has 0 heterocycles. The Morgan fingerprint density at radius 3 is 2.37 bits per heavy atom. The van der Waals surface area contributed by atoms with E-state index in [0.29, 0.717) is 12.3 Å². The zero-order valence-electron chi connectivity index (χ0n) is 19.7. The molecule has 0 bridgehead atoms. The van der Waals surface area contributed by atoms with Gasteiger partial charge in [0, 0.05) is 12.3 Å². The van der Waals surface area contributed by atoms with Crippen LogP contribution < -0.4 is 14.4 Å². The minimum atomic E-state index is -4.07. The molecule has 1 N–H and O–H groups in total. The highest BCUT2D eigenvalue weighted by Gasteiger charge is 2.27. The minimum Gasteiger partial charge on any atom is -0.497 e. The lowest BCUT2D eigenvalue weighted by atomic mass is 10.1. The van der Waals surface area contributed by atoms with E-state index in [1.165, 1.54) is 54.6 Å². The van der Waals surface area contributed by atoms with Gasteiger partial charge in [-0.1, -0.05) is 24.3 Å². The molecule has 0 aliphatic carbocycles. The molecule has 9 heteroatoms. The summed E-state index contributed by atoms with van der Waals surface area (Å²) in [4.78, 5) is 12.7. The Kier molecular flexibility index (Phi) is 9.56. The van der Waals surface area contributed by atoms with Gasteiger partial charge < -0.3 is 10.1 Å². The Labute approximate surface area is 210 Å². The van der Waals surface area contributed by atoms with E-state index >= 15 is 0 Å². The third-order valence-electron chi connectivity index (χ3n) is 5.36. The fourth-order valence-corrected chi connectivity index (χ4v) is 5.80. The highest BCUT2D eigenvalue weighted by atomic mass is 32.2. The van der Waals surface area contributed by atoms with Gasteiger partial charge in [-0.05, 0) is 78.8 Å². The number of carbonyl (C=O) groups is 1.